The summed E-state index contributed by atoms with van der Waals surface area (Å²) in [7, 11) is 1.12. The van der Waals surface area contributed by atoms with Crippen LogP contribution in [0.3, 0.4) is 0 Å². The van der Waals surface area contributed by atoms with E-state index in [9.17, 15) is 14.7 Å². The quantitative estimate of drug-likeness (QED) is 0.344. The van der Waals surface area contributed by atoms with Gasteiger partial charge >= 0.3 is 27.2 Å². The van der Waals surface area contributed by atoms with Gasteiger partial charge in [0.25, 0.3) is 0 Å². The molecule has 0 aliphatic carbocycles. The van der Waals surface area contributed by atoms with Crippen molar-refractivity contribution in [2.45, 2.75) is 6.42 Å². The lowest BCUT2D eigenvalue weighted by atomic mass is 10.4. The molecule has 0 heterocycles. The monoisotopic (exact) mass is 398 g/mol. The molecule has 0 amide bonds. The van der Waals surface area contributed by atoms with Crippen LogP contribution in [-0.4, -0.2) is 19.0 Å². The first-order chi connectivity index (χ1) is 10.1. The number of aliphatic carboxylic acids is 1. The molecule has 0 saturated carbocycles. The van der Waals surface area contributed by atoms with Gasteiger partial charge in [0.15, 0.2) is 7.14 Å². The van der Waals surface area contributed by atoms with Crippen molar-refractivity contribution in [1.29, 1.82) is 0 Å². The molecule has 0 N–H and O–H groups in total. The topological polar surface area (TPSA) is 66.4 Å². The van der Waals surface area contributed by atoms with E-state index in [4.69, 9.17) is 0 Å². The van der Waals surface area contributed by atoms with Crippen LogP contribution in [-0.2, 0) is 14.3 Å². The number of methoxy groups -OCH3 is 1. The van der Waals surface area contributed by atoms with Crippen LogP contribution in [0.25, 0.3) is 0 Å². The summed E-state index contributed by atoms with van der Waals surface area (Å²) < 4.78 is 6.96. The Morgan fingerprint density at radius 2 is 1.38 bits per heavy atom. The molecule has 2 rings (SSSR count). The van der Waals surface area contributed by atoms with E-state index in [1.165, 1.54) is 7.14 Å². The first-order valence-corrected chi connectivity index (χ1v) is 8.29. The highest BCUT2D eigenvalue weighted by molar-refractivity contribution is 5.88. The fourth-order valence-electron chi connectivity index (χ4n) is 1.27. The van der Waals surface area contributed by atoms with Crippen molar-refractivity contribution >= 4 is 11.9 Å². The second kappa shape index (κ2) is 9.93. The van der Waals surface area contributed by atoms with E-state index < -0.39 is 18.4 Å². The standard InChI is InChI=1S/C12H10I.C4H6O4/c1-3-7-11(8-4-1)13-12-9-5-2-6-10-12;1-8-4(7)2-3(5)6/h1-10H;2H2,1H3,(H,5,6)/q+1;/p-1. The molecule has 110 valence electrons. The molecule has 2 aromatic carbocycles. The van der Waals surface area contributed by atoms with Gasteiger partial charge in [0.05, 0.1) is 19.5 Å². The molecule has 0 aliphatic rings. The SMILES string of the molecule is COC(=O)CC(=O)[O-].c1ccc([I+]c2ccccc2)cc1. The highest BCUT2D eigenvalue weighted by Crippen LogP contribution is 1.85. The number of hydrogen-bond acceptors (Lipinski definition) is 4. The molecule has 0 bridgehead atoms. The molecule has 0 saturated heterocycles. The van der Waals surface area contributed by atoms with Gasteiger partial charge in [0.2, 0.25) is 0 Å². The Bertz CT molecular complexity index is 518. The molecule has 0 aromatic heterocycles. The minimum Gasteiger partial charge on any atom is -0.550 e. The summed E-state index contributed by atoms with van der Waals surface area (Å²) in [6, 6.07) is 21.4. The summed E-state index contributed by atoms with van der Waals surface area (Å²) in [6.45, 7) is 0. The summed E-state index contributed by atoms with van der Waals surface area (Å²) in [5.41, 5.74) is 0. The Morgan fingerprint density at radius 1 is 0.952 bits per heavy atom. The molecule has 0 atom stereocenters. The number of carbonyl (C=O) groups is 2. The van der Waals surface area contributed by atoms with Gasteiger partial charge in [0.1, 0.15) is 0 Å². The fourth-order valence-corrected chi connectivity index (χ4v) is 3.54. The minimum absolute atomic E-state index is 0.0287. The summed E-state index contributed by atoms with van der Waals surface area (Å²) >= 11 is 0.0287. The molecule has 4 nitrogen and oxygen atoms in total. The number of rotatable bonds is 4. The lowest BCUT2D eigenvalue weighted by molar-refractivity contribution is -0.597. The average Bonchev–Trinajstić information content (AvgIpc) is 2.49. The van der Waals surface area contributed by atoms with E-state index in [0.717, 1.165) is 7.11 Å². The Kier molecular flexibility index (Phi) is 8.11. The van der Waals surface area contributed by atoms with E-state index in [2.05, 4.69) is 65.4 Å². The van der Waals surface area contributed by atoms with Gasteiger partial charge in [-0.2, -0.15) is 0 Å². The van der Waals surface area contributed by atoms with E-state index in [1.807, 2.05) is 0 Å². The van der Waals surface area contributed by atoms with Crippen molar-refractivity contribution in [2.75, 3.05) is 7.11 Å². The number of hydrogen-bond donors (Lipinski definition) is 0. The summed E-state index contributed by atoms with van der Waals surface area (Å²) in [4.78, 5) is 19.5. The van der Waals surface area contributed by atoms with Gasteiger partial charge in [-0.05, 0) is 24.3 Å². The Balaban J connectivity index is 0.000000240. The molecule has 0 radical (unpaired) electrons. The van der Waals surface area contributed by atoms with E-state index in [-0.39, 0.29) is 21.2 Å². The third-order valence-electron chi connectivity index (χ3n) is 2.20. The lowest BCUT2D eigenvalue weighted by Gasteiger charge is -1.96. The summed E-state index contributed by atoms with van der Waals surface area (Å²) in [6.07, 6.45) is -0.670. The zero-order valence-corrected chi connectivity index (χ0v) is 13.6. The van der Waals surface area contributed by atoms with E-state index in [0.29, 0.717) is 0 Å². The second-order valence-electron chi connectivity index (χ2n) is 3.81. The Labute approximate surface area is 134 Å². The number of benzene rings is 2. The largest absolute Gasteiger partial charge is 0.550 e. The van der Waals surface area contributed by atoms with Gasteiger partial charge < -0.3 is 14.6 Å². The fraction of sp³-hybridized carbons (Fsp3) is 0.125. The van der Waals surface area contributed by atoms with Gasteiger partial charge in [-0.15, -0.1) is 0 Å². The van der Waals surface area contributed by atoms with Crippen LogP contribution < -0.4 is 26.3 Å². The Morgan fingerprint density at radius 3 is 1.67 bits per heavy atom. The maximum Gasteiger partial charge on any atom is 0.357 e. The normalized spacial score (nSPS) is 9.19. The predicted octanol–water partition coefficient (Wildman–Crippen LogP) is -1.89. The minimum atomic E-state index is -1.42. The highest BCUT2D eigenvalue weighted by Gasteiger charge is 2.12. The molecule has 0 unspecified atom stereocenters. The van der Waals surface area contributed by atoms with Gasteiger partial charge in [-0.1, -0.05) is 36.4 Å². The number of carbonyl (C=O) groups excluding carboxylic acids is 2. The molecule has 0 fully saturated rings. The van der Waals surface area contributed by atoms with Crippen molar-refractivity contribution in [3.8, 4) is 0 Å². The number of halogens is 1. The highest BCUT2D eigenvalue weighted by atomic mass is 127. The number of carboxylic acids is 1. The zero-order valence-electron chi connectivity index (χ0n) is 11.5. The van der Waals surface area contributed by atoms with Crippen LogP contribution in [0.1, 0.15) is 6.42 Å². The maximum atomic E-state index is 9.98. The van der Waals surface area contributed by atoms with Crippen LogP contribution in [0.2, 0.25) is 0 Å². The third kappa shape index (κ3) is 8.09. The first-order valence-electron chi connectivity index (χ1n) is 6.13. The van der Waals surface area contributed by atoms with Crippen LogP contribution in [0.5, 0.6) is 0 Å². The van der Waals surface area contributed by atoms with Crippen molar-refractivity contribution < 1.29 is 40.6 Å². The second-order valence-corrected chi connectivity index (χ2v) is 6.84. The lowest BCUT2D eigenvalue weighted by Crippen LogP contribution is -3.61. The molecule has 5 heteroatoms. The smallest absolute Gasteiger partial charge is 0.357 e. The van der Waals surface area contributed by atoms with Crippen LogP contribution >= 0.6 is 0 Å². The van der Waals surface area contributed by atoms with Crippen molar-refractivity contribution in [1.82, 2.24) is 0 Å². The number of ether oxygens (including phenoxy) is 1. The van der Waals surface area contributed by atoms with Gasteiger partial charge in [0, 0.05) is 0 Å². The van der Waals surface area contributed by atoms with Gasteiger partial charge in [-0.25, -0.2) is 0 Å². The van der Waals surface area contributed by atoms with Gasteiger partial charge in [-0.3, -0.25) is 4.79 Å². The van der Waals surface area contributed by atoms with Crippen LogP contribution in [0.4, 0.5) is 0 Å². The van der Waals surface area contributed by atoms with E-state index >= 15 is 0 Å². The average molecular weight is 398 g/mol. The predicted molar refractivity (Wildman–Crippen MR) is 71.9 cm³/mol. The summed E-state index contributed by atoms with van der Waals surface area (Å²) in [5.74, 6) is -2.21. The maximum absolute atomic E-state index is 9.98. The van der Waals surface area contributed by atoms with Crippen molar-refractivity contribution in [3.05, 3.63) is 67.8 Å². The molecule has 0 spiro atoms. The van der Waals surface area contributed by atoms with Crippen LogP contribution in [0, 0.1) is 7.14 Å². The first kappa shape index (κ1) is 17.2. The molecular weight excluding hydrogens is 383 g/mol. The van der Waals surface area contributed by atoms with Crippen LogP contribution in [0.15, 0.2) is 60.7 Å². The Hall–Kier alpha value is -1.89. The molecule has 2 aromatic rings. The zero-order chi connectivity index (χ0) is 15.5. The molecule has 0 aliphatic heterocycles. The molecular formula is C16H15IO4. The van der Waals surface area contributed by atoms with Crippen molar-refractivity contribution in [3.63, 3.8) is 0 Å². The van der Waals surface area contributed by atoms with E-state index in [1.54, 1.807) is 0 Å². The van der Waals surface area contributed by atoms with Crippen molar-refractivity contribution in [2.24, 2.45) is 0 Å². The summed E-state index contributed by atoms with van der Waals surface area (Å²) in [5, 5.41) is 9.56. The third-order valence-corrected chi connectivity index (χ3v) is 4.88. The molecule has 21 heavy (non-hydrogen) atoms. The number of carboxylic acid groups (broad SMARTS) is 1. The number of esters is 1.